The highest BCUT2D eigenvalue weighted by Gasteiger charge is 2.38. The molecule has 2 aromatic heterocycles. The number of aromatic nitrogens is 3. The van der Waals surface area contributed by atoms with Crippen LogP contribution in [0.5, 0.6) is 0 Å². The second kappa shape index (κ2) is 6.40. The molecule has 122 valence electrons. The minimum absolute atomic E-state index is 0.207. The van der Waals surface area contributed by atoms with Gasteiger partial charge in [0.2, 0.25) is 0 Å². The number of hydrogen-bond donors (Lipinski definition) is 1. The van der Waals surface area contributed by atoms with Gasteiger partial charge in [0.25, 0.3) is 5.91 Å². The molecule has 1 aliphatic heterocycles. The average molecular weight is 398 g/mol. The molecular weight excluding hydrogens is 382 g/mol. The molecule has 3 rings (SSSR count). The lowest BCUT2D eigenvalue weighted by atomic mass is 10.1. The minimum atomic E-state index is -0.580. The normalized spacial score (nSPS) is 18.1. The monoisotopic (exact) mass is 397 g/mol. The quantitative estimate of drug-likeness (QED) is 0.785. The summed E-state index contributed by atoms with van der Waals surface area (Å²) < 4.78 is 2.71. The van der Waals surface area contributed by atoms with Crippen LogP contribution in [0.25, 0.3) is 0 Å². The van der Waals surface area contributed by atoms with Gasteiger partial charge in [0.1, 0.15) is 6.04 Å². The van der Waals surface area contributed by atoms with E-state index in [4.69, 9.17) is 0 Å². The molecule has 1 saturated heterocycles. The first-order valence-electron chi connectivity index (χ1n) is 7.21. The summed E-state index contributed by atoms with van der Waals surface area (Å²) in [4.78, 5) is 26.7. The molecule has 1 N–H and O–H groups in total. The number of halogens is 1. The molecule has 23 heavy (non-hydrogen) atoms. The number of imide groups is 1. The van der Waals surface area contributed by atoms with E-state index in [2.05, 4.69) is 31.6 Å². The van der Waals surface area contributed by atoms with E-state index in [1.54, 1.807) is 4.68 Å². The third kappa shape index (κ3) is 3.45. The van der Waals surface area contributed by atoms with Gasteiger partial charge >= 0.3 is 6.03 Å². The van der Waals surface area contributed by atoms with E-state index >= 15 is 0 Å². The lowest BCUT2D eigenvalue weighted by molar-refractivity contribution is -0.127. The minimum Gasteiger partial charge on any atom is -0.325 e. The van der Waals surface area contributed by atoms with Gasteiger partial charge in [0.05, 0.1) is 16.0 Å². The number of amides is 3. The van der Waals surface area contributed by atoms with Crippen LogP contribution in [0.1, 0.15) is 30.5 Å². The summed E-state index contributed by atoms with van der Waals surface area (Å²) in [5, 5.41) is 10.8. The first kappa shape index (κ1) is 16.1. The molecule has 0 saturated carbocycles. The molecule has 7 nitrogen and oxygen atoms in total. The predicted octanol–water partition coefficient (Wildman–Crippen LogP) is 2.35. The molecule has 1 aliphatic rings. The molecule has 0 bridgehead atoms. The fourth-order valence-corrected chi connectivity index (χ4v) is 3.80. The second-order valence-electron chi connectivity index (χ2n) is 5.62. The van der Waals surface area contributed by atoms with Crippen LogP contribution in [0.2, 0.25) is 0 Å². The Morgan fingerprint density at radius 2 is 2.17 bits per heavy atom. The van der Waals surface area contributed by atoms with Crippen LogP contribution < -0.4 is 5.32 Å². The van der Waals surface area contributed by atoms with Crippen molar-refractivity contribution in [1.82, 2.24) is 25.2 Å². The Labute approximate surface area is 145 Å². The Balaban J connectivity index is 1.67. The number of nitrogens with zero attached hydrogens (tertiary/aromatic N) is 4. The van der Waals surface area contributed by atoms with Gasteiger partial charge in [0.15, 0.2) is 0 Å². The van der Waals surface area contributed by atoms with E-state index in [1.807, 2.05) is 32.2 Å². The molecule has 3 heterocycles. The predicted molar refractivity (Wildman–Crippen MR) is 89.0 cm³/mol. The maximum Gasteiger partial charge on any atom is 0.325 e. The summed E-state index contributed by atoms with van der Waals surface area (Å²) in [5.41, 5.74) is 0.693. The van der Waals surface area contributed by atoms with Gasteiger partial charge in [-0.15, -0.1) is 16.4 Å². The Hall–Kier alpha value is -1.74. The Kier molecular flexibility index (Phi) is 4.49. The molecule has 1 unspecified atom stereocenters. The zero-order valence-electron chi connectivity index (χ0n) is 12.7. The molecule has 0 aliphatic carbocycles. The summed E-state index contributed by atoms with van der Waals surface area (Å²) in [6.07, 6.45) is 2.16. The summed E-state index contributed by atoms with van der Waals surface area (Å²) in [5.74, 6) is -0.224. The van der Waals surface area contributed by atoms with Crippen molar-refractivity contribution in [2.45, 2.75) is 38.9 Å². The first-order chi connectivity index (χ1) is 10.9. The number of rotatable bonds is 5. The van der Waals surface area contributed by atoms with Gasteiger partial charge in [-0.2, -0.15) is 0 Å². The van der Waals surface area contributed by atoms with Gasteiger partial charge in [0, 0.05) is 23.5 Å². The largest absolute Gasteiger partial charge is 0.325 e. The molecule has 3 amide bonds. The lowest BCUT2D eigenvalue weighted by Gasteiger charge is -2.11. The van der Waals surface area contributed by atoms with Crippen LogP contribution in [-0.4, -0.2) is 37.9 Å². The summed E-state index contributed by atoms with van der Waals surface area (Å²) >= 11 is 4.89. The van der Waals surface area contributed by atoms with Crippen LogP contribution in [0.3, 0.4) is 0 Å². The average Bonchev–Trinajstić information content (AvgIpc) is 3.17. The molecule has 1 atom stereocenters. The molecule has 0 radical (unpaired) electrons. The molecule has 2 aromatic rings. The van der Waals surface area contributed by atoms with Gasteiger partial charge in [-0.3, -0.25) is 9.69 Å². The highest BCUT2D eigenvalue weighted by atomic mass is 79.9. The number of carbonyl (C=O) groups excluding carboxylic acids is 2. The van der Waals surface area contributed by atoms with Crippen molar-refractivity contribution in [2.75, 3.05) is 0 Å². The second-order valence-corrected chi connectivity index (χ2v) is 8.17. The molecule has 0 aromatic carbocycles. The first-order valence-corrected chi connectivity index (χ1v) is 8.82. The smallest absolute Gasteiger partial charge is 0.325 e. The number of urea groups is 1. The van der Waals surface area contributed by atoms with E-state index < -0.39 is 6.04 Å². The van der Waals surface area contributed by atoms with Crippen molar-refractivity contribution in [3.63, 3.8) is 0 Å². The fraction of sp³-hybridized carbons (Fsp3) is 0.429. The van der Waals surface area contributed by atoms with E-state index in [0.29, 0.717) is 12.1 Å². The van der Waals surface area contributed by atoms with Gasteiger partial charge in [-0.25, -0.2) is 9.48 Å². The summed E-state index contributed by atoms with van der Waals surface area (Å²) in [6.45, 7) is 4.29. The van der Waals surface area contributed by atoms with E-state index in [0.717, 1.165) is 8.66 Å². The lowest BCUT2D eigenvalue weighted by Crippen LogP contribution is -2.32. The van der Waals surface area contributed by atoms with Crippen LogP contribution in [0.15, 0.2) is 22.1 Å². The summed E-state index contributed by atoms with van der Waals surface area (Å²) in [7, 11) is 0. The van der Waals surface area contributed by atoms with E-state index in [1.165, 1.54) is 16.2 Å². The number of thiophene rings is 1. The Morgan fingerprint density at radius 1 is 1.39 bits per heavy atom. The Bertz CT molecular complexity index is 741. The zero-order chi connectivity index (χ0) is 16.6. The molecular formula is C14H16BrN5O2S. The molecule has 1 fully saturated rings. The van der Waals surface area contributed by atoms with Gasteiger partial charge in [-0.05, 0) is 41.9 Å². The molecule has 9 heteroatoms. The van der Waals surface area contributed by atoms with Crippen molar-refractivity contribution in [3.8, 4) is 0 Å². The topological polar surface area (TPSA) is 80.1 Å². The third-order valence-corrected chi connectivity index (χ3v) is 5.16. The number of hydrogen-bond acceptors (Lipinski definition) is 5. The number of nitrogens with one attached hydrogen (secondary N) is 1. The van der Waals surface area contributed by atoms with Gasteiger partial charge < -0.3 is 5.32 Å². The maximum atomic E-state index is 12.5. The highest BCUT2D eigenvalue weighted by molar-refractivity contribution is 9.11. The van der Waals surface area contributed by atoms with Gasteiger partial charge in [-0.1, -0.05) is 5.21 Å². The van der Waals surface area contributed by atoms with Crippen molar-refractivity contribution in [2.24, 2.45) is 0 Å². The van der Waals surface area contributed by atoms with Crippen LogP contribution >= 0.6 is 27.3 Å². The van der Waals surface area contributed by atoms with Crippen LogP contribution in [0.4, 0.5) is 4.79 Å². The molecule has 0 spiro atoms. The zero-order valence-corrected chi connectivity index (χ0v) is 15.1. The SMILES string of the molecule is CC(C)n1cc(CC2NC(=O)N(Cc3ccc(Br)s3)C2=O)nn1. The van der Waals surface area contributed by atoms with E-state index in [9.17, 15) is 9.59 Å². The maximum absolute atomic E-state index is 12.5. The van der Waals surface area contributed by atoms with E-state index in [-0.39, 0.29) is 24.5 Å². The van der Waals surface area contributed by atoms with Crippen molar-refractivity contribution >= 4 is 39.2 Å². The third-order valence-electron chi connectivity index (χ3n) is 3.55. The Morgan fingerprint density at radius 3 is 2.78 bits per heavy atom. The number of carbonyl (C=O) groups is 2. The van der Waals surface area contributed by atoms with Crippen LogP contribution in [-0.2, 0) is 17.8 Å². The standard InChI is InChI=1S/C14H16BrN5O2S/c1-8(2)20-6-9(17-18-20)5-11-13(21)19(14(22)16-11)7-10-3-4-12(15)23-10/h3-4,6,8,11H,5,7H2,1-2H3,(H,16,22). The van der Waals surface area contributed by atoms with Crippen molar-refractivity contribution in [1.29, 1.82) is 0 Å². The fourth-order valence-electron chi connectivity index (χ4n) is 2.33. The van der Waals surface area contributed by atoms with Crippen molar-refractivity contribution < 1.29 is 9.59 Å². The summed E-state index contributed by atoms with van der Waals surface area (Å²) in [6, 6.07) is 3.07. The van der Waals surface area contributed by atoms with Crippen LogP contribution in [0, 0.1) is 0 Å². The highest BCUT2D eigenvalue weighted by Crippen LogP contribution is 2.24. The van der Waals surface area contributed by atoms with Crippen molar-refractivity contribution in [3.05, 3.63) is 32.7 Å².